The van der Waals surface area contributed by atoms with Crippen molar-refractivity contribution in [3.8, 4) is 0 Å². The molecule has 0 amide bonds. The second-order valence-corrected chi connectivity index (χ2v) is 4.60. The molecule has 0 aliphatic rings. The van der Waals surface area contributed by atoms with Gasteiger partial charge in [0.05, 0.1) is 10.6 Å². The smallest absolute Gasteiger partial charge is 0.0772 e. The SMILES string of the molecule is Cc1nnsc1C(N)CCc1ccnn1C. The maximum absolute atomic E-state index is 6.11. The molecule has 2 rings (SSSR count). The van der Waals surface area contributed by atoms with E-state index in [-0.39, 0.29) is 6.04 Å². The van der Waals surface area contributed by atoms with Crippen LogP contribution in [0.15, 0.2) is 12.3 Å². The molecule has 0 bridgehead atoms. The molecule has 0 saturated carbocycles. The number of hydrogen-bond acceptors (Lipinski definition) is 5. The molecule has 16 heavy (non-hydrogen) atoms. The van der Waals surface area contributed by atoms with Crippen molar-refractivity contribution in [3.63, 3.8) is 0 Å². The van der Waals surface area contributed by atoms with Crippen molar-refractivity contribution in [1.82, 2.24) is 19.4 Å². The van der Waals surface area contributed by atoms with Crippen LogP contribution in [0.4, 0.5) is 0 Å². The van der Waals surface area contributed by atoms with Crippen molar-refractivity contribution >= 4 is 11.5 Å². The van der Waals surface area contributed by atoms with Crippen LogP contribution in [-0.4, -0.2) is 19.4 Å². The van der Waals surface area contributed by atoms with E-state index in [1.54, 1.807) is 6.20 Å². The maximum Gasteiger partial charge on any atom is 0.0772 e. The van der Waals surface area contributed by atoms with Crippen LogP contribution in [0.5, 0.6) is 0 Å². The van der Waals surface area contributed by atoms with Crippen LogP contribution in [0, 0.1) is 6.92 Å². The Hall–Kier alpha value is -1.27. The van der Waals surface area contributed by atoms with E-state index >= 15 is 0 Å². The fraction of sp³-hybridized carbons (Fsp3) is 0.500. The number of aromatic nitrogens is 4. The lowest BCUT2D eigenvalue weighted by atomic mass is 10.1. The van der Waals surface area contributed by atoms with Gasteiger partial charge in [-0.2, -0.15) is 5.10 Å². The molecule has 0 aromatic carbocycles. The first-order valence-electron chi connectivity index (χ1n) is 5.20. The van der Waals surface area contributed by atoms with Gasteiger partial charge in [-0.05, 0) is 37.4 Å². The summed E-state index contributed by atoms with van der Waals surface area (Å²) >= 11 is 1.39. The van der Waals surface area contributed by atoms with Crippen LogP contribution < -0.4 is 5.73 Å². The van der Waals surface area contributed by atoms with Crippen LogP contribution in [0.2, 0.25) is 0 Å². The highest BCUT2D eigenvalue weighted by Crippen LogP contribution is 2.21. The van der Waals surface area contributed by atoms with Gasteiger partial charge in [0.2, 0.25) is 0 Å². The van der Waals surface area contributed by atoms with Crippen molar-refractivity contribution in [1.29, 1.82) is 0 Å². The molecular weight excluding hydrogens is 222 g/mol. The van der Waals surface area contributed by atoms with Gasteiger partial charge in [0, 0.05) is 25.0 Å². The second kappa shape index (κ2) is 4.71. The third kappa shape index (κ3) is 2.28. The van der Waals surface area contributed by atoms with E-state index < -0.39 is 0 Å². The summed E-state index contributed by atoms with van der Waals surface area (Å²) in [7, 11) is 1.94. The van der Waals surface area contributed by atoms with Gasteiger partial charge in [-0.1, -0.05) is 4.49 Å². The molecule has 2 N–H and O–H groups in total. The molecule has 2 heterocycles. The molecule has 0 saturated heterocycles. The van der Waals surface area contributed by atoms with Crippen molar-refractivity contribution < 1.29 is 0 Å². The first kappa shape index (κ1) is 11.2. The number of nitrogens with zero attached hydrogens (tertiary/aromatic N) is 4. The predicted molar refractivity (Wildman–Crippen MR) is 63.1 cm³/mol. The fourth-order valence-corrected chi connectivity index (χ4v) is 2.34. The number of hydrogen-bond donors (Lipinski definition) is 1. The second-order valence-electron chi connectivity index (χ2n) is 3.81. The maximum atomic E-state index is 6.11. The lowest BCUT2D eigenvalue weighted by Crippen LogP contribution is -2.12. The Morgan fingerprint density at radius 3 is 2.94 bits per heavy atom. The lowest BCUT2D eigenvalue weighted by Gasteiger charge is -2.09. The average molecular weight is 237 g/mol. The normalized spacial score (nSPS) is 12.9. The van der Waals surface area contributed by atoms with Gasteiger partial charge < -0.3 is 5.73 Å². The molecule has 0 aliphatic carbocycles. The zero-order chi connectivity index (χ0) is 11.5. The molecular formula is C10H15N5S. The first-order chi connectivity index (χ1) is 7.68. The molecule has 6 heteroatoms. The summed E-state index contributed by atoms with van der Waals surface area (Å²) in [5, 5.41) is 8.10. The van der Waals surface area contributed by atoms with Crippen LogP contribution in [-0.2, 0) is 13.5 Å². The highest BCUT2D eigenvalue weighted by molar-refractivity contribution is 7.05. The van der Waals surface area contributed by atoms with E-state index in [2.05, 4.69) is 14.7 Å². The Balaban J connectivity index is 1.97. The molecule has 86 valence electrons. The van der Waals surface area contributed by atoms with E-state index in [1.807, 2.05) is 24.7 Å². The number of aryl methyl sites for hydroxylation is 3. The zero-order valence-corrected chi connectivity index (χ0v) is 10.2. The standard InChI is InChI=1S/C10H15N5S/c1-7-10(16-14-13-7)9(11)4-3-8-5-6-12-15(8)2/h5-6,9H,3-4,11H2,1-2H3. The molecule has 2 aromatic rings. The third-order valence-electron chi connectivity index (χ3n) is 2.66. The van der Waals surface area contributed by atoms with Crippen LogP contribution >= 0.6 is 11.5 Å². The van der Waals surface area contributed by atoms with Crippen molar-refractivity contribution in [2.75, 3.05) is 0 Å². The van der Waals surface area contributed by atoms with E-state index in [0.29, 0.717) is 0 Å². The van der Waals surface area contributed by atoms with Gasteiger partial charge in [-0.3, -0.25) is 4.68 Å². The molecule has 5 nitrogen and oxygen atoms in total. The summed E-state index contributed by atoms with van der Waals surface area (Å²) < 4.78 is 5.78. The summed E-state index contributed by atoms with van der Waals surface area (Å²) in [6.07, 6.45) is 3.62. The van der Waals surface area contributed by atoms with E-state index in [1.165, 1.54) is 17.2 Å². The fourth-order valence-electron chi connectivity index (χ4n) is 1.66. The molecule has 0 radical (unpaired) electrons. The van der Waals surface area contributed by atoms with Gasteiger partial charge in [-0.15, -0.1) is 5.10 Å². The summed E-state index contributed by atoms with van der Waals surface area (Å²) in [4.78, 5) is 1.09. The molecule has 0 aliphatic heterocycles. The minimum atomic E-state index is 0.0231. The molecule has 2 aromatic heterocycles. The highest BCUT2D eigenvalue weighted by atomic mass is 32.1. The molecule has 1 atom stereocenters. The summed E-state index contributed by atoms with van der Waals surface area (Å²) in [5.74, 6) is 0. The minimum Gasteiger partial charge on any atom is -0.323 e. The van der Waals surface area contributed by atoms with Crippen molar-refractivity contribution in [3.05, 3.63) is 28.5 Å². The van der Waals surface area contributed by atoms with Crippen molar-refractivity contribution in [2.45, 2.75) is 25.8 Å². The molecule has 0 fully saturated rings. The first-order valence-corrected chi connectivity index (χ1v) is 5.97. The van der Waals surface area contributed by atoms with Gasteiger partial charge in [-0.25, -0.2) is 0 Å². The van der Waals surface area contributed by atoms with Gasteiger partial charge in [0.25, 0.3) is 0 Å². The van der Waals surface area contributed by atoms with Gasteiger partial charge in [0.1, 0.15) is 0 Å². The Labute approximate surface area is 98.4 Å². The molecule has 0 spiro atoms. The Bertz CT molecular complexity index is 461. The summed E-state index contributed by atoms with van der Waals surface area (Å²) in [6, 6.07) is 2.04. The lowest BCUT2D eigenvalue weighted by molar-refractivity contribution is 0.617. The number of rotatable bonds is 4. The summed E-state index contributed by atoms with van der Waals surface area (Å²) in [5.41, 5.74) is 8.25. The van der Waals surface area contributed by atoms with E-state index in [0.717, 1.165) is 23.4 Å². The Morgan fingerprint density at radius 2 is 2.38 bits per heavy atom. The summed E-state index contributed by atoms with van der Waals surface area (Å²) in [6.45, 7) is 1.95. The predicted octanol–water partition coefficient (Wildman–Crippen LogP) is 1.21. The third-order valence-corrected chi connectivity index (χ3v) is 3.62. The quantitative estimate of drug-likeness (QED) is 0.867. The highest BCUT2D eigenvalue weighted by Gasteiger charge is 2.13. The van der Waals surface area contributed by atoms with Crippen molar-refractivity contribution in [2.24, 2.45) is 12.8 Å². The van der Waals surface area contributed by atoms with E-state index in [4.69, 9.17) is 5.73 Å². The van der Waals surface area contributed by atoms with Gasteiger partial charge >= 0.3 is 0 Å². The topological polar surface area (TPSA) is 69.6 Å². The molecule has 1 unspecified atom stereocenters. The zero-order valence-electron chi connectivity index (χ0n) is 9.42. The average Bonchev–Trinajstić information content (AvgIpc) is 2.84. The number of nitrogens with two attached hydrogens (primary N) is 1. The van der Waals surface area contributed by atoms with Crippen LogP contribution in [0.3, 0.4) is 0 Å². The van der Waals surface area contributed by atoms with E-state index in [9.17, 15) is 0 Å². The monoisotopic (exact) mass is 237 g/mol. The van der Waals surface area contributed by atoms with Crippen LogP contribution in [0.1, 0.15) is 28.7 Å². The van der Waals surface area contributed by atoms with Crippen LogP contribution in [0.25, 0.3) is 0 Å². The Kier molecular flexibility index (Phi) is 3.31. The van der Waals surface area contributed by atoms with Gasteiger partial charge in [0.15, 0.2) is 0 Å². The largest absolute Gasteiger partial charge is 0.323 e. The minimum absolute atomic E-state index is 0.0231. The Morgan fingerprint density at radius 1 is 1.56 bits per heavy atom.